The molecule has 1 unspecified atom stereocenters. The summed E-state index contributed by atoms with van der Waals surface area (Å²) in [5, 5.41) is 2.94. The Morgan fingerprint density at radius 1 is 0.970 bits per heavy atom. The van der Waals surface area contributed by atoms with Crippen molar-refractivity contribution < 1.29 is 18.0 Å². The summed E-state index contributed by atoms with van der Waals surface area (Å²) in [6, 6.07) is 21.0. The molecular formula is C26H26N2O4S. The molecule has 170 valence electrons. The molecule has 1 N–H and O–H groups in total. The third kappa shape index (κ3) is 5.31. The predicted molar refractivity (Wildman–Crippen MR) is 130 cm³/mol. The first-order valence-corrected chi connectivity index (χ1v) is 12.8. The van der Waals surface area contributed by atoms with Gasteiger partial charge in [0.15, 0.2) is 9.84 Å². The van der Waals surface area contributed by atoms with Crippen molar-refractivity contribution in [1.82, 2.24) is 0 Å². The van der Waals surface area contributed by atoms with E-state index in [-0.39, 0.29) is 17.6 Å². The third-order valence-corrected chi connectivity index (χ3v) is 6.58. The molecule has 1 aliphatic rings. The standard InChI is InChI=1S/C26H26N2O4S/c1-18-7-14-22(15-8-18)27-25(29)24-16-13-20-5-3-4-6-23(20)28(24)26(30)21-11-9-19(10-12-21)17-33(2,31)32/h3-12,14-15,24H,13,16-17H2,1-2H3,(H,27,29). The summed E-state index contributed by atoms with van der Waals surface area (Å²) < 4.78 is 23.1. The van der Waals surface area contributed by atoms with Gasteiger partial charge in [0.2, 0.25) is 5.91 Å². The molecule has 7 heteroatoms. The molecule has 3 aromatic carbocycles. The van der Waals surface area contributed by atoms with Gasteiger partial charge in [-0.05, 0) is 61.2 Å². The first-order valence-electron chi connectivity index (χ1n) is 10.8. The Balaban J connectivity index is 1.64. The normalized spacial score (nSPS) is 15.6. The lowest BCUT2D eigenvalue weighted by atomic mass is 9.94. The number of para-hydroxylation sites is 1. The van der Waals surface area contributed by atoms with E-state index >= 15 is 0 Å². The number of sulfone groups is 1. The molecule has 33 heavy (non-hydrogen) atoms. The number of hydrogen-bond acceptors (Lipinski definition) is 4. The minimum absolute atomic E-state index is 0.0877. The molecule has 3 aromatic rings. The highest BCUT2D eigenvalue weighted by Gasteiger charge is 2.36. The maximum atomic E-state index is 13.6. The van der Waals surface area contributed by atoms with E-state index in [1.165, 1.54) is 6.26 Å². The van der Waals surface area contributed by atoms with E-state index in [1.807, 2.05) is 55.5 Å². The maximum Gasteiger partial charge on any atom is 0.259 e. The van der Waals surface area contributed by atoms with E-state index in [1.54, 1.807) is 29.2 Å². The van der Waals surface area contributed by atoms with Crippen molar-refractivity contribution in [3.05, 3.63) is 95.1 Å². The Bertz CT molecular complexity index is 1280. The molecule has 0 saturated carbocycles. The van der Waals surface area contributed by atoms with Crippen molar-refractivity contribution in [2.75, 3.05) is 16.5 Å². The fraction of sp³-hybridized carbons (Fsp3) is 0.231. The smallest absolute Gasteiger partial charge is 0.259 e. The molecule has 1 heterocycles. The van der Waals surface area contributed by atoms with E-state index in [0.717, 1.165) is 16.8 Å². The molecule has 0 aromatic heterocycles. The first kappa shape index (κ1) is 22.7. The number of hydrogen-bond donors (Lipinski definition) is 1. The number of amides is 2. The van der Waals surface area contributed by atoms with Crippen LogP contribution in [0.1, 0.15) is 33.5 Å². The van der Waals surface area contributed by atoms with Gasteiger partial charge in [-0.1, -0.05) is 48.0 Å². The second-order valence-corrected chi connectivity index (χ2v) is 10.6. The Morgan fingerprint density at radius 3 is 2.30 bits per heavy atom. The summed E-state index contributed by atoms with van der Waals surface area (Å²) in [5.74, 6) is -0.622. The average molecular weight is 463 g/mol. The van der Waals surface area contributed by atoms with Gasteiger partial charge in [-0.15, -0.1) is 0 Å². The number of rotatable bonds is 5. The van der Waals surface area contributed by atoms with Crippen LogP contribution in [0.3, 0.4) is 0 Å². The van der Waals surface area contributed by atoms with Gasteiger partial charge in [-0.25, -0.2) is 8.42 Å². The summed E-state index contributed by atoms with van der Waals surface area (Å²) in [5.41, 5.74) is 4.52. The second kappa shape index (κ2) is 9.19. The monoisotopic (exact) mass is 462 g/mol. The Hall–Kier alpha value is -3.45. The predicted octanol–water partition coefficient (Wildman–Crippen LogP) is 4.14. The van der Waals surface area contributed by atoms with Crippen LogP contribution >= 0.6 is 0 Å². The number of aryl methyl sites for hydroxylation is 2. The summed E-state index contributed by atoms with van der Waals surface area (Å²) in [7, 11) is -3.17. The Labute approximate surface area is 194 Å². The van der Waals surface area contributed by atoms with E-state index in [9.17, 15) is 18.0 Å². The van der Waals surface area contributed by atoms with Gasteiger partial charge in [-0.2, -0.15) is 0 Å². The highest BCUT2D eigenvalue weighted by Crippen LogP contribution is 2.32. The van der Waals surface area contributed by atoms with Crippen molar-refractivity contribution in [3.8, 4) is 0 Å². The van der Waals surface area contributed by atoms with E-state index in [2.05, 4.69) is 5.32 Å². The van der Waals surface area contributed by atoms with Crippen LogP contribution in [0.15, 0.2) is 72.8 Å². The molecule has 1 aliphatic heterocycles. The second-order valence-electron chi connectivity index (χ2n) is 8.48. The number of carbonyl (C=O) groups is 2. The summed E-state index contributed by atoms with van der Waals surface area (Å²) in [6.07, 6.45) is 2.37. The third-order valence-electron chi connectivity index (χ3n) is 5.72. The maximum absolute atomic E-state index is 13.6. The zero-order valence-corrected chi connectivity index (χ0v) is 19.4. The van der Waals surface area contributed by atoms with Crippen LogP contribution in [-0.4, -0.2) is 32.5 Å². The number of nitrogens with zero attached hydrogens (tertiary/aromatic N) is 1. The van der Waals surface area contributed by atoms with Crippen molar-refractivity contribution >= 4 is 33.0 Å². The van der Waals surface area contributed by atoms with Gasteiger partial charge in [0.05, 0.1) is 5.75 Å². The number of fused-ring (bicyclic) bond motifs is 1. The summed E-state index contributed by atoms with van der Waals surface area (Å²) in [4.78, 5) is 28.4. The Kier molecular flexibility index (Phi) is 6.33. The SMILES string of the molecule is Cc1ccc(NC(=O)C2CCc3ccccc3N2C(=O)c2ccc(CS(C)(=O)=O)cc2)cc1. The topological polar surface area (TPSA) is 83.6 Å². The summed E-state index contributed by atoms with van der Waals surface area (Å²) in [6.45, 7) is 1.98. The quantitative estimate of drug-likeness (QED) is 0.618. The zero-order chi connectivity index (χ0) is 23.6. The van der Waals surface area contributed by atoms with Gasteiger partial charge in [0, 0.05) is 23.2 Å². The van der Waals surface area contributed by atoms with Gasteiger partial charge < -0.3 is 5.32 Å². The minimum atomic E-state index is -3.17. The minimum Gasteiger partial charge on any atom is -0.324 e. The van der Waals surface area contributed by atoms with Gasteiger partial charge in [0.1, 0.15) is 6.04 Å². The number of benzene rings is 3. The number of nitrogens with one attached hydrogen (secondary N) is 1. The van der Waals surface area contributed by atoms with Crippen molar-refractivity contribution in [2.45, 2.75) is 31.6 Å². The molecule has 0 fully saturated rings. The van der Waals surface area contributed by atoms with Gasteiger partial charge in [0.25, 0.3) is 5.91 Å². The fourth-order valence-corrected chi connectivity index (χ4v) is 4.89. The molecule has 0 saturated heterocycles. The van der Waals surface area contributed by atoms with Crippen LogP contribution in [0.25, 0.3) is 0 Å². The highest BCUT2D eigenvalue weighted by atomic mass is 32.2. The van der Waals surface area contributed by atoms with Crippen LogP contribution in [0.4, 0.5) is 11.4 Å². The molecule has 2 amide bonds. The van der Waals surface area contributed by atoms with Crippen LogP contribution in [0, 0.1) is 6.92 Å². The van der Waals surface area contributed by atoms with E-state index in [4.69, 9.17) is 0 Å². The zero-order valence-electron chi connectivity index (χ0n) is 18.6. The van der Waals surface area contributed by atoms with E-state index < -0.39 is 15.9 Å². The molecular weight excluding hydrogens is 436 g/mol. The Morgan fingerprint density at radius 2 is 1.64 bits per heavy atom. The van der Waals surface area contributed by atoms with Crippen LogP contribution in [0.5, 0.6) is 0 Å². The van der Waals surface area contributed by atoms with E-state index in [0.29, 0.717) is 29.7 Å². The molecule has 0 spiro atoms. The first-order chi connectivity index (χ1) is 15.7. The molecule has 4 rings (SSSR count). The van der Waals surface area contributed by atoms with Crippen molar-refractivity contribution in [3.63, 3.8) is 0 Å². The number of carbonyl (C=O) groups excluding carboxylic acids is 2. The fourth-order valence-electron chi connectivity index (χ4n) is 4.09. The van der Waals surface area contributed by atoms with Crippen molar-refractivity contribution in [1.29, 1.82) is 0 Å². The molecule has 1 atom stereocenters. The van der Waals surface area contributed by atoms with Crippen LogP contribution in [0.2, 0.25) is 0 Å². The molecule has 6 nitrogen and oxygen atoms in total. The lowest BCUT2D eigenvalue weighted by Crippen LogP contribution is -2.50. The highest BCUT2D eigenvalue weighted by molar-refractivity contribution is 7.89. The van der Waals surface area contributed by atoms with Crippen molar-refractivity contribution in [2.24, 2.45) is 0 Å². The van der Waals surface area contributed by atoms with Gasteiger partial charge >= 0.3 is 0 Å². The van der Waals surface area contributed by atoms with Gasteiger partial charge in [-0.3, -0.25) is 14.5 Å². The lowest BCUT2D eigenvalue weighted by molar-refractivity contribution is -0.117. The molecule has 0 radical (unpaired) electrons. The number of anilines is 2. The molecule has 0 aliphatic carbocycles. The largest absolute Gasteiger partial charge is 0.324 e. The summed E-state index contributed by atoms with van der Waals surface area (Å²) >= 11 is 0. The van der Waals surface area contributed by atoms with Crippen LogP contribution in [-0.2, 0) is 26.8 Å². The molecule has 0 bridgehead atoms. The van der Waals surface area contributed by atoms with Crippen LogP contribution < -0.4 is 10.2 Å². The average Bonchev–Trinajstić information content (AvgIpc) is 2.79. The lowest BCUT2D eigenvalue weighted by Gasteiger charge is -2.36.